The quantitative estimate of drug-likeness (QED) is 0.786. The maximum atomic E-state index is 5.99. The van der Waals surface area contributed by atoms with Crippen molar-refractivity contribution in [2.45, 2.75) is 6.54 Å². The summed E-state index contributed by atoms with van der Waals surface area (Å²) in [5, 5.41) is 11.0. The van der Waals surface area contributed by atoms with Crippen LogP contribution in [-0.4, -0.2) is 14.6 Å². The zero-order valence-corrected chi connectivity index (χ0v) is 12.3. The Morgan fingerprint density at radius 2 is 2.33 bits per heavy atom. The molecule has 0 radical (unpaired) electrons. The van der Waals surface area contributed by atoms with Crippen molar-refractivity contribution in [3.05, 3.63) is 44.5 Å². The van der Waals surface area contributed by atoms with E-state index in [0.29, 0.717) is 11.7 Å². The third-order valence-electron chi connectivity index (χ3n) is 2.42. The fourth-order valence-electron chi connectivity index (χ4n) is 1.68. The van der Waals surface area contributed by atoms with E-state index in [1.54, 1.807) is 22.0 Å². The predicted molar refractivity (Wildman–Crippen MR) is 77.3 cm³/mol. The molecule has 18 heavy (non-hydrogen) atoms. The number of anilines is 1. The van der Waals surface area contributed by atoms with Gasteiger partial charge in [0.2, 0.25) is 0 Å². The molecule has 3 rings (SSSR count). The molecule has 92 valence electrons. The molecule has 0 aliphatic carbocycles. The molecule has 0 saturated heterocycles. The number of halogens is 2. The average Bonchev–Trinajstić information content (AvgIpc) is 2.93. The Labute approximate surface area is 121 Å². The maximum absolute atomic E-state index is 5.99. The van der Waals surface area contributed by atoms with Crippen molar-refractivity contribution in [1.29, 1.82) is 0 Å². The van der Waals surface area contributed by atoms with E-state index in [2.05, 4.69) is 31.3 Å². The monoisotopic (exact) mass is 342 g/mol. The van der Waals surface area contributed by atoms with Crippen molar-refractivity contribution in [1.82, 2.24) is 14.6 Å². The Kier molecular flexibility index (Phi) is 3.23. The Morgan fingerprint density at radius 1 is 1.44 bits per heavy atom. The minimum Gasteiger partial charge on any atom is -0.377 e. The van der Waals surface area contributed by atoms with Crippen LogP contribution in [0.1, 0.15) is 5.01 Å². The van der Waals surface area contributed by atoms with Crippen LogP contribution in [0.3, 0.4) is 0 Å². The number of nitrogens with one attached hydrogen (secondary N) is 1. The number of hydrogen-bond donors (Lipinski definition) is 1. The van der Waals surface area contributed by atoms with E-state index < -0.39 is 0 Å². The van der Waals surface area contributed by atoms with E-state index in [-0.39, 0.29) is 0 Å². The first-order chi connectivity index (χ1) is 8.72. The van der Waals surface area contributed by atoms with E-state index in [9.17, 15) is 0 Å². The summed E-state index contributed by atoms with van der Waals surface area (Å²) >= 11 is 11.0. The second kappa shape index (κ2) is 4.87. The van der Waals surface area contributed by atoms with Crippen LogP contribution < -0.4 is 5.32 Å². The largest absolute Gasteiger partial charge is 0.377 e. The summed E-state index contributed by atoms with van der Waals surface area (Å²) in [6.45, 7) is 0.677. The van der Waals surface area contributed by atoms with Crippen LogP contribution in [0, 0.1) is 0 Å². The molecule has 0 amide bonds. The number of fused-ring (bicyclic) bond motifs is 1. The highest BCUT2D eigenvalue weighted by Crippen LogP contribution is 2.25. The minimum absolute atomic E-state index is 0.451. The van der Waals surface area contributed by atoms with Gasteiger partial charge in [0.05, 0.1) is 17.7 Å². The Morgan fingerprint density at radius 3 is 3.11 bits per heavy atom. The van der Waals surface area contributed by atoms with Crippen LogP contribution in [0.2, 0.25) is 5.15 Å². The first-order valence-electron chi connectivity index (χ1n) is 5.19. The summed E-state index contributed by atoms with van der Waals surface area (Å²) < 4.78 is 2.71. The zero-order chi connectivity index (χ0) is 12.5. The summed E-state index contributed by atoms with van der Waals surface area (Å²) in [7, 11) is 0. The highest BCUT2D eigenvalue weighted by Gasteiger charge is 2.07. The molecule has 0 atom stereocenters. The minimum atomic E-state index is 0.451. The van der Waals surface area contributed by atoms with Crippen molar-refractivity contribution in [2.75, 3.05) is 5.32 Å². The number of nitrogens with zero attached hydrogens (tertiary/aromatic N) is 3. The van der Waals surface area contributed by atoms with Gasteiger partial charge >= 0.3 is 0 Å². The predicted octanol–water partition coefficient (Wildman–Crippen LogP) is 3.82. The SMILES string of the molecule is Clc1cc(NCc2nccs2)c2cc(Br)cn2n1. The van der Waals surface area contributed by atoms with Gasteiger partial charge in [0.1, 0.15) is 5.01 Å². The summed E-state index contributed by atoms with van der Waals surface area (Å²) in [6, 6.07) is 3.81. The number of hydrogen-bond acceptors (Lipinski definition) is 4. The fraction of sp³-hybridized carbons (Fsp3) is 0.0909. The molecular weight excluding hydrogens is 336 g/mol. The summed E-state index contributed by atoms with van der Waals surface area (Å²) in [4.78, 5) is 4.23. The first-order valence-corrected chi connectivity index (χ1v) is 7.24. The van der Waals surface area contributed by atoms with Crippen molar-refractivity contribution < 1.29 is 0 Å². The number of aromatic nitrogens is 3. The van der Waals surface area contributed by atoms with Crippen molar-refractivity contribution >= 4 is 50.1 Å². The summed E-state index contributed by atoms with van der Waals surface area (Å²) in [5.74, 6) is 0. The van der Waals surface area contributed by atoms with Crippen molar-refractivity contribution in [2.24, 2.45) is 0 Å². The van der Waals surface area contributed by atoms with Gasteiger partial charge < -0.3 is 5.32 Å². The van der Waals surface area contributed by atoms with E-state index in [1.165, 1.54) is 0 Å². The van der Waals surface area contributed by atoms with E-state index in [0.717, 1.165) is 20.7 Å². The molecular formula is C11H8BrClN4S. The van der Waals surface area contributed by atoms with Gasteiger partial charge in [-0.05, 0) is 22.0 Å². The molecule has 0 saturated carbocycles. The van der Waals surface area contributed by atoms with Gasteiger partial charge in [0, 0.05) is 28.3 Å². The van der Waals surface area contributed by atoms with E-state index in [1.807, 2.05) is 23.7 Å². The molecule has 0 bridgehead atoms. The molecule has 3 heterocycles. The van der Waals surface area contributed by atoms with Gasteiger partial charge in [-0.2, -0.15) is 5.10 Å². The van der Waals surface area contributed by atoms with Gasteiger partial charge in [-0.25, -0.2) is 9.50 Å². The smallest absolute Gasteiger partial charge is 0.152 e. The molecule has 0 aliphatic heterocycles. The van der Waals surface area contributed by atoms with Gasteiger partial charge in [-0.15, -0.1) is 11.3 Å². The average molecular weight is 344 g/mol. The van der Waals surface area contributed by atoms with Crippen LogP contribution >= 0.6 is 38.9 Å². The fourth-order valence-corrected chi connectivity index (χ4v) is 2.84. The lowest BCUT2D eigenvalue weighted by molar-refractivity contribution is 0.937. The molecule has 0 aliphatic rings. The van der Waals surface area contributed by atoms with Crippen molar-refractivity contribution in [3.63, 3.8) is 0 Å². The molecule has 0 fully saturated rings. The lowest BCUT2D eigenvalue weighted by atomic mass is 10.3. The van der Waals surface area contributed by atoms with E-state index in [4.69, 9.17) is 11.6 Å². The second-order valence-corrected chi connectivity index (χ2v) is 5.93. The zero-order valence-electron chi connectivity index (χ0n) is 9.10. The molecule has 0 spiro atoms. The first kappa shape index (κ1) is 12.0. The molecule has 0 unspecified atom stereocenters. The molecule has 1 N–H and O–H groups in total. The Hall–Kier alpha value is -1.11. The number of thiazole rings is 1. The normalized spacial score (nSPS) is 11.0. The van der Waals surface area contributed by atoms with Crippen LogP contribution in [0.25, 0.3) is 5.52 Å². The van der Waals surface area contributed by atoms with Crippen molar-refractivity contribution in [3.8, 4) is 0 Å². The highest BCUT2D eigenvalue weighted by molar-refractivity contribution is 9.10. The Balaban J connectivity index is 1.95. The number of rotatable bonds is 3. The van der Waals surface area contributed by atoms with E-state index >= 15 is 0 Å². The molecule has 0 aromatic carbocycles. The van der Waals surface area contributed by atoms with Gasteiger partial charge in [0.15, 0.2) is 5.15 Å². The third kappa shape index (κ3) is 2.36. The summed E-state index contributed by atoms with van der Waals surface area (Å²) in [5.41, 5.74) is 1.92. The highest BCUT2D eigenvalue weighted by atomic mass is 79.9. The lowest BCUT2D eigenvalue weighted by Gasteiger charge is -2.07. The summed E-state index contributed by atoms with van der Waals surface area (Å²) in [6.07, 6.45) is 3.67. The standard InChI is InChI=1S/C11H8BrClN4S/c12-7-3-9-8(4-10(13)16-17(9)6-7)15-5-11-14-1-2-18-11/h1-4,6,15H,5H2. The molecule has 4 nitrogen and oxygen atoms in total. The van der Waals surface area contributed by atoms with Gasteiger partial charge in [-0.1, -0.05) is 11.6 Å². The molecule has 3 aromatic rings. The van der Waals surface area contributed by atoms with Gasteiger partial charge in [0.25, 0.3) is 0 Å². The Bertz CT molecular complexity index is 680. The van der Waals surface area contributed by atoms with Gasteiger partial charge in [-0.3, -0.25) is 0 Å². The van der Waals surface area contributed by atoms with Crippen LogP contribution in [0.15, 0.2) is 34.4 Å². The lowest BCUT2D eigenvalue weighted by Crippen LogP contribution is -2.02. The second-order valence-electron chi connectivity index (χ2n) is 3.65. The topological polar surface area (TPSA) is 42.2 Å². The maximum Gasteiger partial charge on any atom is 0.152 e. The van der Waals surface area contributed by atoms with Crippen LogP contribution in [0.5, 0.6) is 0 Å². The third-order valence-corrected chi connectivity index (χ3v) is 3.82. The molecule has 3 aromatic heterocycles. The molecule has 7 heteroatoms. The van der Waals surface area contributed by atoms with Crippen LogP contribution in [-0.2, 0) is 6.54 Å². The van der Waals surface area contributed by atoms with Crippen LogP contribution in [0.4, 0.5) is 5.69 Å².